The molecule has 0 saturated carbocycles. The Hall–Kier alpha value is -1.44. The topological polar surface area (TPSA) is 66.9 Å². The minimum Gasteiger partial charge on any atom is -0.465 e. The molecule has 1 aromatic carbocycles. The predicted octanol–water partition coefficient (Wildman–Crippen LogP) is 1.69. The van der Waals surface area contributed by atoms with Gasteiger partial charge in [-0.05, 0) is 39.1 Å². The number of benzene rings is 1. The summed E-state index contributed by atoms with van der Waals surface area (Å²) in [4.78, 5) is 17.0. The minimum absolute atomic E-state index is 0.148. The second-order valence-corrected chi connectivity index (χ2v) is 8.72. The molecule has 0 aliphatic carbocycles. The average molecular weight is 368 g/mol. The summed E-state index contributed by atoms with van der Waals surface area (Å²) < 4.78 is 30.6. The van der Waals surface area contributed by atoms with Crippen LogP contribution in [0.4, 0.5) is 0 Å². The van der Waals surface area contributed by atoms with Gasteiger partial charge in [0.15, 0.2) is 14.6 Å². The molecule has 0 spiro atoms. The molecule has 1 aromatic rings. The standard InChI is InChI=1S/C18H28N2O4S/c1-5-19-12-18(17(21)24-7-3,13-20(6-2)14-19)25(22,23)16-10-8-15(4)9-11-16/h8-11H,5-7,12-14H2,1-4H3. The second-order valence-electron chi connectivity index (χ2n) is 6.46. The number of sulfone groups is 1. The molecule has 7 heteroatoms. The monoisotopic (exact) mass is 368 g/mol. The smallest absolute Gasteiger partial charge is 0.330 e. The van der Waals surface area contributed by atoms with Gasteiger partial charge in [-0.15, -0.1) is 0 Å². The summed E-state index contributed by atoms with van der Waals surface area (Å²) in [6.45, 7) is 9.96. The van der Waals surface area contributed by atoms with Gasteiger partial charge in [-0.1, -0.05) is 31.5 Å². The van der Waals surface area contributed by atoms with E-state index in [1.807, 2.05) is 30.6 Å². The lowest BCUT2D eigenvalue weighted by atomic mass is 10.1. The second kappa shape index (κ2) is 7.85. The molecule has 1 heterocycles. The Morgan fingerprint density at radius 3 is 2.04 bits per heavy atom. The Morgan fingerprint density at radius 1 is 1.08 bits per heavy atom. The Morgan fingerprint density at radius 2 is 1.60 bits per heavy atom. The van der Waals surface area contributed by atoms with E-state index in [-0.39, 0.29) is 24.6 Å². The highest BCUT2D eigenvalue weighted by Crippen LogP contribution is 2.32. The normalized spacial score (nSPS) is 18.9. The van der Waals surface area contributed by atoms with E-state index in [0.29, 0.717) is 19.8 Å². The summed E-state index contributed by atoms with van der Waals surface area (Å²) in [5, 5.41) is 0. The van der Waals surface area contributed by atoms with Gasteiger partial charge in [0, 0.05) is 13.1 Å². The Balaban J connectivity index is 2.58. The zero-order valence-electron chi connectivity index (χ0n) is 15.5. The number of hydrogen-bond acceptors (Lipinski definition) is 6. The van der Waals surface area contributed by atoms with Crippen LogP contribution in [0.1, 0.15) is 26.3 Å². The molecule has 2 rings (SSSR count). The van der Waals surface area contributed by atoms with Crippen LogP contribution in [0.3, 0.4) is 0 Å². The van der Waals surface area contributed by atoms with Gasteiger partial charge in [0.1, 0.15) is 0 Å². The van der Waals surface area contributed by atoms with Crippen molar-refractivity contribution >= 4 is 15.8 Å². The van der Waals surface area contributed by atoms with Crippen LogP contribution >= 0.6 is 0 Å². The first-order valence-electron chi connectivity index (χ1n) is 8.74. The van der Waals surface area contributed by atoms with Gasteiger partial charge in [-0.3, -0.25) is 14.6 Å². The lowest BCUT2D eigenvalue weighted by Crippen LogP contribution is -2.66. The van der Waals surface area contributed by atoms with E-state index < -0.39 is 20.6 Å². The number of ether oxygens (including phenoxy) is 1. The maximum atomic E-state index is 13.5. The van der Waals surface area contributed by atoms with Crippen molar-refractivity contribution in [2.24, 2.45) is 0 Å². The van der Waals surface area contributed by atoms with Crippen LogP contribution in [0, 0.1) is 6.92 Å². The van der Waals surface area contributed by atoms with Crippen molar-refractivity contribution in [2.75, 3.05) is 39.5 Å². The average Bonchev–Trinajstić information content (AvgIpc) is 2.61. The quantitative estimate of drug-likeness (QED) is 0.712. The van der Waals surface area contributed by atoms with Gasteiger partial charge in [0.05, 0.1) is 18.2 Å². The van der Waals surface area contributed by atoms with E-state index in [4.69, 9.17) is 4.74 Å². The number of esters is 1. The van der Waals surface area contributed by atoms with Gasteiger partial charge in [0.2, 0.25) is 0 Å². The van der Waals surface area contributed by atoms with Gasteiger partial charge < -0.3 is 4.74 Å². The zero-order valence-corrected chi connectivity index (χ0v) is 16.3. The van der Waals surface area contributed by atoms with Crippen LogP contribution in [0.15, 0.2) is 29.2 Å². The molecular weight excluding hydrogens is 340 g/mol. The zero-order chi connectivity index (χ0) is 18.7. The molecule has 0 unspecified atom stereocenters. The highest BCUT2D eigenvalue weighted by atomic mass is 32.2. The number of aryl methyl sites for hydroxylation is 1. The van der Waals surface area contributed by atoms with Crippen molar-refractivity contribution in [3.63, 3.8) is 0 Å². The fourth-order valence-corrected chi connectivity index (χ4v) is 5.12. The van der Waals surface area contributed by atoms with Gasteiger partial charge in [0.25, 0.3) is 0 Å². The lowest BCUT2D eigenvalue weighted by Gasteiger charge is -2.45. The summed E-state index contributed by atoms with van der Waals surface area (Å²) in [5.41, 5.74) is 0.971. The van der Waals surface area contributed by atoms with Gasteiger partial charge in [-0.25, -0.2) is 8.42 Å². The van der Waals surface area contributed by atoms with Crippen molar-refractivity contribution in [1.29, 1.82) is 0 Å². The molecule has 140 valence electrons. The number of rotatable bonds is 6. The molecule has 1 fully saturated rings. The molecule has 0 amide bonds. The number of carbonyl (C=O) groups is 1. The molecule has 0 N–H and O–H groups in total. The lowest BCUT2D eigenvalue weighted by molar-refractivity contribution is -0.149. The first kappa shape index (κ1) is 19.9. The van der Waals surface area contributed by atoms with Gasteiger partial charge >= 0.3 is 5.97 Å². The number of carbonyl (C=O) groups excluding carboxylic acids is 1. The maximum absolute atomic E-state index is 13.5. The molecule has 6 nitrogen and oxygen atoms in total. The SMILES string of the molecule is CCOC(=O)C1(S(=O)(=O)c2ccc(C)cc2)CN(CC)CN(CC)C1. The molecule has 1 saturated heterocycles. The third-order valence-electron chi connectivity index (χ3n) is 4.75. The first-order valence-corrected chi connectivity index (χ1v) is 10.2. The van der Waals surface area contributed by atoms with Crippen LogP contribution in [0.2, 0.25) is 0 Å². The maximum Gasteiger partial charge on any atom is 0.330 e. The number of hydrogen-bond donors (Lipinski definition) is 0. The van der Waals surface area contributed by atoms with Crippen LogP contribution < -0.4 is 0 Å². The van der Waals surface area contributed by atoms with Crippen molar-refractivity contribution in [3.05, 3.63) is 29.8 Å². The summed E-state index contributed by atoms with van der Waals surface area (Å²) >= 11 is 0. The molecule has 1 aliphatic heterocycles. The predicted molar refractivity (Wildman–Crippen MR) is 97.1 cm³/mol. The van der Waals surface area contributed by atoms with Crippen molar-refractivity contribution < 1.29 is 17.9 Å². The Kier molecular flexibility index (Phi) is 6.24. The first-order chi connectivity index (χ1) is 11.8. The number of nitrogens with zero attached hydrogens (tertiary/aromatic N) is 2. The van der Waals surface area contributed by atoms with Crippen molar-refractivity contribution in [2.45, 2.75) is 37.3 Å². The van der Waals surface area contributed by atoms with Crippen LogP contribution in [0.25, 0.3) is 0 Å². The van der Waals surface area contributed by atoms with Crippen molar-refractivity contribution in [3.8, 4) is 0 Å². The summed E-state index contributed by atoms with van der Waals surface area (Å²) in [7, 11) is -3.91. The molecule has 0 aromatic heterocycles. The molecule has 0 radical (unpaired) electrons. The summed E-state index contributed by atoms with van der Waals surface area (Å²) in [5.74, 6) is -0.660. The highest BCUT2D eigenvalue weighted by Gasteiger charge is 2.56. The molecule has 0 atom stereocenters. The summed E-state index contributed by atoms with van der Waals surface area (Å²) in [6, 6.07) is 6.66. The van der Waals surface area contributed by atoms with E-state index in [9.17, 15) is 13.2 Å². The van der Waals surface area contributed by atoms with Crippen LogP contribution in [0.5, 0.6) is 0 Å². The van der Waals surface area contributed by atoms with E-state index in [0.717, 1.165) is 5.56 Å². The van der Waals surface area contributed by atoms with E-state index in [1.165, 1.54) is 0 Å². The fraction of sp³-hybridized carbons (Fsp3) is 0.611. The van der Waals surface area contributed by atoms with Gasteiger partial charge in [-0.2, -0.15) is 0 Å². The fourth-order valence-electron chi connectivity index (χ4n) is 3.19. The van der Waals surface area contributed by atoms with Crippen LogP contribution in [-0.2, 0) is 19.4 Å². The minimum atomic E-state index is -3.91. The highest BCUT2D eigenvalue weighted by molar-refractivity contribution is 7.93. The van der Waals surface area contributed by atoms with Crippen molar-refractivity contribution in [1.82, 2.24) is 9.80 Å². The molecule has 25 heavy (non-hydrogen) atoms. The largest absolute Gasteiger partial charge is 0.465 e. The molecule has 1 aliphatic rings. The third-order valence-corrected chi connectivity index (χ3v) is 7.09. The third kappa shape index (κ3) is 3.73. The Labute approximate surface area is 150 Å². The van der Waals surface area contributed by atoms with E-state index in [2.05, 4.69) is 0 Å². The van der Waals surface area contributed by atoms with Crippen LogP contribution in [-0.4, -0.2) is 68.4 Å². The molecule has 0 bridgehead atoms. The summed E-state index contributed by atoms with van der Waals surface area (Å²) in [6.07, 6.45) is 0. The molecular formula is C18H28N2O4S. The Bertz CT molecular complexity index is 688. The van der Waals surface area contributed by atoms with E-state index >= 15 is 0 Å². The van der Waals surface area contributed by atoms with E-state index in [1.54, 1.807) is 31.2 Å².